The van der Waals surface area contributed by atoms with Gasteiger partial charge in [-0.3, -0.25) is 9.59 Å². The average molecular weight is 376 g/mol. The van der Waals surface area contributed by atoms with Gasteiger partial charge in [-0.25, -0.2) is 4.98 Å². The summed E-state index contributed by atoms with van der Waals surface area (Å²) in [5.41, 5.74) is 3.06. The Morgan fingerprint density at radius 2 is 1.86 bits per heavy atom. The van der Waals surface area contributed by atoms with Crippen LogP contribution in [0.15, 0.2) is 54.6 Å². The predicted octanol–water partition coefficient (Wildman–Crippen LogP) is 2.45. The summed E-state index contributed by atoms with van der Waals surface area (Å²) in [7, 11) is 3.71. The first-order valence-corrected chi connectivity index (χ1v) is 9.52. The van der Waals surface area contributed by atoms with Gasteiger partial charge in [0.2, 0.25) is 11.8 Å². The first kappa shape index (κ1) is 18.2. The number of likely N-dealkylation sites (tertiary alicyclic amines) is 1. The summed E-state index contributed by atoms with van der Waals surface area (Å²) in [6.07, 6.45) is 0.906. The standard InChI is InChI=1S/C22H24N4O2/c1-25-14-16(13-20(25)27)22(28)24-18(12-15-8-4-3-5-9-15)21-23-17-10-6-7-11-19(17)26(21)2/h3-11,16,18H,12-14H2,1-2H3,(H,24,28)/t16-,18+/m0/s1. The lowest BCUT2D eigenvalue weighted by Crippen LogP contribution is -2.37. The second-order valence-electron chi connectivity index (χ2n) is 7.44. The van der Waals surface area contributed by atoms with E-state index in [0.29, 0.717) is 13.0 Å². The van der Waals surface area contributed by atoms with Crippen LogP contribution in [-0.4, -0.2) is 39.9 Å². The highest BCUT2D eigenvalue weighted by Crippen LogP contribution is 2.24. The fourth-order valence-corrected chi connectivity index (χ4v) is 3.86. The number of fused-ring (bicyclic) bond motifs is 1. The summed E-state index contributed by atoms with van der Waals surface area (Å²) in [5, 5.41) is 3.17. The molecule has 3 aromatic rings. The van der Waals surface area contributed by atoms with Gasteiger partial charge in [0.05, 0.1) is 23.0 Å². The lowest BCUT2D eigenvalue weighted by molar-refractivity contribution is -0.128. The molecular formula is C22H24N4O2. The van der Waals surface area contributed by atoms with Crippen molar-refractivity contribution in [2.45, 2.75) is 18.9 Å². The third kappa shape index (κ3) is 3.50. The van der Waals surface area contributed by atoms with Gasteiger partial charge in [-0.2, -0.15) is 0 Å². The Hall–Kier alpha value is -3.15. The molecule has 28 heavy (non-hydrogen) atoms. The number of benzene rings is 2. The van der Waals surface area contributed by atoms with Crippen molar-refractivity contribution in [2.75, 3.05) is 13.6 Å². The molecule has 1 saturated heterocycles. The van der Waals surface area contributed by atoms with E-state index in [1.807, 2.05) is 54.1 Å². The first-order chi connectivity index (χ1) is 13.5. The minimum Gasteiger partial charge on any atom is -0.345 e. The largest absolute Gasteiger partial charge is 0.345 e. The van der Waals surface area contributed by atoms with Gasteiger partial charge in [-0.15, -0.1) is 0 Å². The predicted molar refractivity (Wildman–Crippen MR) is 107 cm³/mol. The summed E-state index contributed by atoms with van der Waals surface area (Å²) in [6.45, 7) is 0.464. The molecule has 0 spiro atoms. The number of amides is 2. The van der Waals surface area contributed by atoms with Crippen molar-refractivity contribution in [3.8, 4) is 0 Å². The van der Waals surface area contributed by atoms with Crippen molar-refractivity contribution >= 4 is 22.8 Å². The molecule has 0 radical (unpaired) electrons. The van der Waals surface area contributed by atoms with Crippen molar-refractivity contribution in [1.29, 1.82) is 0 Å². The van der Waals surface area contributed by atoms with Crippen molar-refractivity contribution in [2.24, 2.45) is 13.0 Å². The Morgan fingerprint density at radius 1 is 1.14 bits per heavy atom. The number of carbonyl (C=O) groups is 2. The second-order valence-corrected chi connectivity index (χ2v) is 7.44. The zero-order chi connectivity index (χ0) is 19.7. The Morgan fingerprint density at radius 3 is 2.54 bits per heavy atom. The van der Waals surface area contributed by atoms with Crippen LogP contribution in [0.5, 0.6) is 0 Å². The van der Waals surface area contributed by atoms with Gasteiger partial charge in [0, 0.05) is 27.1 Å². The third-order valence-electron chi connectivity index (χ3n) is 5.44. The van der Waals surface area contributed by atoms with Gasteiger partial charge in [-0.1, -0.05) is 42.5 Å². The summed E-state index contributed by atoms with van der Waals surface area (Å²) in [6, 6.07) is 17.7. The highest BCUT2D eigenvalue weighted by molar-refractivity contribution is 5.89. The summed E-state index contributed by atoms with van der Waals surface area (Å²) in [5.74, 6) is 0.426. The fraction of sp³-hybridized carbons (Fsp3) is 0.318. The number of carbonyl (C=O) groups excluding carboxylic acids is 2. The molecule has 1 N–H and O–H groups in total. The molecule has 2 heterocycles. The van der Waals surface area contributed by atoms with E-state index in [2.05, 4.69) is 17.4 Å². The van der Waals surface area contributed by atoms with Crippen LogP contribution in [0.4, 0.5) is 0 Å². The maximum Gasteiger partial charge on any atom is 0.226 e. The molecule has 0 bridgehead atoms. The van der Waals surface area contributed by atoms with Crippen LogP contribution in [0, 0.1) is 5.92 Å². The monoisotopic (exact) mass is 376 g/mol. The van der Waals surface area contributed by atoms with Crippen LogP contribution in [0.1, 0.15) is 23.9 Å². The normalized spacial score (nSPS) is 17.9. The van der Waals surface area contributed by atoms with Crippen molar-refractivity contribution < 1.29 is 9.59 Å². The van der Waals surface area contributed by atoms with E-state index in [-0.39, 0.29) is 30.2 Å². The fourth-order valence-electron chi connectivity index (χ4n) is 3.86. The minimum atomic E-state index is -0.314. The SMILES string of the molecule is CN1C[C@@H](C(=O)N[C@H](Cc2ccccc2)c2nc3ccccc3n2C)CC1=O. The maximum absolute atomic E-state index is 12.9. The summed E-state index contributed by atoms with van der Waals surface area (Å²) >= 11 is 0. The van der Waals surface area contributed by atoms with E-state index < -0.39 is 0 Å². The Labute approximate surface area is 164 Å². The molecule has 0 saturated carbocycles. The zero-order valence-corrected chi connectivity index (χ0v) is 16.1. The van der Waals surface area contributed by atoms with Crippen LogP contribution in [0.2, 0.25) is 0 Å². The second kappa shape index (κ2) is 7.46. The molecule has 1 aliphatic heterocycles. The van der Waals surface area contributed by atoms with Crippen LogP contribution in [-0.2, 0) is 23.1 Å². The molecule has 2 amide bonds. The smallest absolute Gasteiger partial charge is 0.226 e. The number of nitrogens with one attached hydrogen (secondary N) is 1. The third-order valence-corrected chi connectivity index (χ3v) is 5.44. The molecule has 1 fully saturated rings. The summed E-state index contributed by atoms with van der Waals surface area (Å²) < 4.78 is 2.04. The Bertz CT molecular complexity index is 1010. The van der Waals surface area contributed by atoms with E-state index in [1.54, 1.807) is 11.9 Å². The molecule has 6 heteroatoms. The molecule has 1 aliphatic rings. The molecule has 6 nitrogen and oxygen atoms in total. The number of rotatable bonds is 5. The summed E-state index contributed by atoms with van der Waals surface area (Å²) in [4.78, 5) is 31.2. The molecule has 0 aliphatic carbocycles. The van der Waals surface area contributed by atoms with Gasteiger partial charge < -0.3 is 14.8 Å². The highest BCUT2D eigenvalue weighted by atomic mass is 16.2. The van der Waals surface area contributed by atoms with Crippen LogP contribution >= 0.6 is 0 Å². The lowest BCUT2D eigenvalue weighted by atomic mass is 10.0. The molecule has 0 unspecified atom stereocenters. The van der Waals surface area contributed by atoms with Gasteiger partial charge in [-0.05, 0) is 24.1 Å². The molecule has 2 atom stereocenters. The van der Waals surface area contributed by atoms with Crippen LogP contribution < -0.4 is 5.32 Å². The maximum atomic E-state index is 12.9. The van der Waals surface area contributed by atoms with Crippen LogP contribution in [0.25, 0.3) is 11.0 Å². The zero-order valence-electron chi connectivity index (χ0n) is 16.1. The van der Waals surface area contributed by atoms with Gasteiger partial charge in [0.25, 0.3) is 0 Å². The quantitative estimate of drug-likeness (QED) is 0.744. The molecule has 4 rings (SSSR count). The molecule has 144 valence electrons. The Balaban J connectivity index is 1.64. The van der Waals surface area contributed by atoms with E-state index in [0.717, 1.165) is 22.4 Å². The van der Waals surface area contributed by atoms with Gasteiger partial charge in [0.1, 0.15) is 5.82 Å². The molecule has 1 aromatic heterocycles. The minimum absolute atomic E-state index is 0.0162. The number of aromatic nitrogens is 2. The number of hydrogen-bond acceptors (Lipinski definition) is 3. The van der Waals surface area contributed by atoms with Gasteiger partial charge >= 0.3 is 0 Å². The number of imidazole rings is 1. The van der Waals surface area contributed by atoms with E-state index >= 15 is 0 Å². The van der Waals surface area contributed by atoms with Gasteiger partial charge in [0.15, 0.2) is 0 Å². The van der Waals surface area contributed by atoms with E-state index in [4.69, 9.17) is 4.98 Å². The topological polar surface area (TPSA) is 67.2 Å². The number of hydrogen-bond donors (Lipinski definition) is 1. The molecule has 2 aromatic carbocycles. The van der Waals surface area contributed by atoms with Crippen LogP contribution in [0.3, 0.4) is 0 Å². The number of aryl methyl sites for hydroxylation is 1. The highest BCUT2D eigenvalue weighted by Gasteiger charge is 2.34. The number of nitrogens with zero attached hydrogens (tertiary/aromatic N) is 3. The van der Waals surface area contributed by atoms with Crippen molar-refractivity contribution in [3.63, 3.8) is 0 Å². The van der Waals surface area contributed by atoms with Crippen molar-refractivity contribution in [3.05, 3.63) is 66.0 Å². The lowest BCUT2D eigenvalue weighted by Gasteiger charge is -2.21. The molecular weight excluding hydrogens is 352 g/mol. The van der Waals surface area contributed by atoms with E-state index in [1.165, 1.54) is 0 Å². The first-order valence-electron chi connectivity index (χ1n) is 9.52. The number of para-hydroxylation sites is 2. The van der Waals surface area contributed by atoms with E-state index in [9.17, 15) is 9.59 Å². The van der Waals surface area contributed by atoms with Crippen molar-refractivity contribution in [1.82, 2.24) is 19.8 Å². The average Bonchev–Trinajstić information content (AvgIpc) is 3.22. The Kier molecular flexibility index (Phi) is 4.86.